The number of halogens is 3. The standard InChI is InChI=1S/C26H32F3N2O10P/c1-14(2)24(35)16(4)39-25(36)15(3)30-42(37,41-17-8-6-5-7-9-17)38-13-21-20(33)11-23(40-21)31-12-18(26(27,28)29)19(32)10-22(31)34/h5-9,12,14-16,20-21,23,33H,10-11,13H2,1-4H3,(H,30,37)/t15-,16-,20-,21+,23+,42-/m0/s1. The van der Waals surface area contributed by atoms with Gasteiger partial charge in [0.05, 0.1) is 19.1 Å². The number of allylic oxidation sites excluding steroid dienone is 1. The molecule has 1 aromatic rings. The van der Waals surface area contributed by atoms with Crippen molar-refractivity contribution in [1.82, 2.24) is 9.99 Å². The molecule has 16 heteroatoms. The summed E-state index contributed by atoms with van der Waals surface area (Å²) in [6.45, 7) is 5.33. The van der Waals surface area contributed by atoms with Crippen LogP contribution in [0, 0.1) is 5.92 Å². The van der Waals surface area contributed by atoms with E-state index < -0.39 is 86.7 Å². The van der Waals surface area contributed by atoms with Crippen LogP contribution in [0.5, 0.6) is 5.75 Å². The Morgan fingerprint density at radius 2 is 1.81 bits per heavy atom. The SMILES string of the molecule is CC(C)C(=O)[C@H](C)OC(=O)[C@H](C)N[P@](=O)(OC[C@H]1O[C@@H](N2C=C(C(F)(F)F)C(=O)CC2=O)C[C@@H]1O)Oc1ccccc1. The van der Waals surface area contributed by atoms with Crippen LogP contribution in [0.25, 0.3) is 0 Å². The van der Waals surface area contributed by atoms with Crippen molar-refractivity contribution in [3.05, 3.63) is 42.1 Å². The molecule has 1 saturated heterocycles. The molecule has 0 aromatic heterocycles. The molecule has 1 aromatic carbocycles. The Kier molecular flexibility index (Phi) is 10.7. The van der Waals surface area contributed by atoms with Crippen molar-refractivity contribution in [2.24, 2.45) is 5.92 Å². The molecule has 42 heavy (non-hydrogen) atoms. The number of benzene rings is 1. The number of ketones is 2. The number of nitrogens with one attached hydrogen (secondary N) is 1. The average Bonchev–Trinajstić information content (AvgIpc) is 3.26. The first-order valence-corrected chi connectivity index (χ1v) is 14.5. The molecule has 1 fully saturated rings. The molecule has 0 radical (unpaired) electrons. The van der Waals surface area contributed by atoms with Crippen LogP contribution in [0.4, 0.5) is 13.2 Å². The summed E-state index contributed by atoms with van der Waals surface area (Å²) < 4.78 is 75.1. The molecule has 232 valence electrons. The fraction of sp³-hybridized carbons (Fsp3) is 0.538. The van der Waals surface area contributed by atoms with Gasteiger partial charge in [-0.15, -0.1) is 0 Å². The summed E-state index contributed by atoms with van der Waals surface area (Å²) in [6, 6.07) is 6.42. The lowest BCUT2D eigenvalue weighted by Crippen LogP contribution is -2.43. The fourth-order valence-corrected chi connectivity index (χ4v) is 5.60. The number of rotatable bonds is 12. The number of carbonyl (C=O) groups is 4. The van der Waals surface area contributed by atoms with Gasteiger partial charge in [-0.25, -0.2) is 4.57 Å². The minimum Gasteiger partial charge on any atom is -0.453 e. The predicted octanol–water partition coefficient (Wildman–Crippen LogP) is 3.05. The van der Waals surface area contributed by atoms with E-state index >= 15 is 0 Å². The number of carbonyl (C=O) groups excluding carboxylic acids is 4. The highest BCUT2D eigenvalue weighted by Crippen LogP contribution is 2.46. The van der Waals surface area contributed by atoms with Gasteiger partial charge in [0.25, 0.3) is 0 Å². The van der Waals surface area contributed by atoms with E-state index in [9.17, 15) is 42.0 Å². The number of ether oxygens (including phenoxy) is 2. The van der Waals surface area contributed by atoms with Crippen LogP contribution in [-0.2, 0) is 37.7 Å². The largest absolute Gasteiger partial charge is 0.459 e. The van der Waals surface area contributed by atoms with E-state index in [0.717, 1.165) is 0 Å². The smallest absolute Gasteiger partial charge is 0.453 e. The average molecular weight is 621 g/mol. The van der Waals surface area contributed by atoms with Crippen LogP contribution >= 0.6 is 7.75 Å². The van der Waals surface area contributed by atoms with Crippen LogP contribution in [0.2, 0.25) is 0 Å². The Labute approximate surface area is 239 Å². The third-order valence-electron chi connectivity index (χ3n) is 6.33. The minimum atomic E-state index is -5.00. The number of amides is 1. The number of Topliss-reactive ketones (excluding diaryl/α,β-unsaturated/α-hetero) is 2. The first kappa shape index (κ1) is 33.4. The van der Waals surface area contributed by atoms with E-state index in [-0.39, 0.29) is 18.0 Å². The second kappa shape index (κ2) is 13.5. The summed E-state index contributed by atoms with van der Waals surface area (Å²) >= 11 is 0. The Morgan fingerprint density at radius 1 is 1.17 bits per heavy atom. The van der Waals surface area contributed by atoms with Gasteiger partial charge < -0.3 is 19.1 Å². The topological polar surface area (TPSA) is 158 Å². The van der Waals surface area contributed by atoms with E-state index in [2.05, 4.69) is 5.09 Å². The van der Waals surface area contributed by atoms with Crippen molar-refractivity contribution in [1.29, 1.82) is 0 Å². The number of aliphatic hydroxyl groups excluding tert-OH is 1. The summed E-state index contributed by atoms with van der Waals surface area (Å²) in [5, 5.41) is 12.9. The molecule has 0 aliphatic carbocycles. The highest BCUT2D eigenvalue weighted by Gasteiger charge is 2.47. The highest BCUT2D eigenvalue weighted by atomic mass is 31.2. The van der Waals surface area contributed by atoms with Crippen LogP contribution < -0.4 is 9.61 Å². The van der Waals surface area contributed by atoms with Gasteiger partial charge >= 0.3 is 19.9 Å². The van der Waals surface area contributed by atoms with Gasteiger partial charge in [0.2, 0.25) is 5.91 Å². The van der Waals surface area contributed by atoms with Crippen molar-refractivity contribution < 1.29 is 60.5 Å². The van der Waals surface area contributed by atoms with E-state index in [1.54, 1.807) is 32.0 Å². The van der Waals surface area contributed by atoms with Gasteiger partial charge in [-0.1, -0.05) is 32.0 Å². The molecule has 2 aliphatic heterocycles. The zero-order valence-corrected chi connectivity index (χ0v) is 24.1. The zero-order valence-electron chi connectivity index (χ0n) is 23.2. The molecule has 12 nitrogen and oxygen atoms in total. The second-order valence-corrected chi connectivity index (χ2v) is 11.8. The summed E-state index contributed by atoms with van der Waals surface area (Å²) in [4.78, 5) is 49.3. The predicted molar refractivity (Wildman–Crippen MR) is 139 cm³/mol. The van der Waals surface area contributed by atoms with Crippen molar-refractivity contribution in [3.63, 3.8) is 0 Å². The third kappa shape index (κ3) is 8.48. The monoisotopic (exact) mass is 620 g/mol. The van der Waals surface area contributed by atoms with Crippen LogP contribution in [-0.4, -0.2) is 76.8 Å². The molecule has 0 spiro atoms. The quantitative estimate of drug-likeness (QED) is 0.201. The number of alkyl halides is 3. The maximum absolute atomic E-state index is 13.7. The molecular formula is C26H32F3N2O10P. The highest BCUT2D eigenvalue weighted by molar-refractivity contribution is 7.52. The molecule has 2 aliphatic rings. The molecule has 1 amide bonds. The van der Waals surface area contributed by atoms with Gasteiger partial charge in [0, 0.05) is 18.5 Å². The van der Waals surface area contributed by atoms with Gasteiger partial charge in [-0.2, -0.15) is 18.3 Å². The Morgan fingerprint density at radius 3 is 2.40 bits per heavy atom. The van der Waals surface area contributed by atoms with E-state index in [4.69, 9.17) is 18.5 Å². The lowest BCUT2D eigenvalue weighted by Gasteiger charge is -2.30. The van der Waals surface area contributed by atoms with Gasteiger partial charge in [-0.05, 0) is 26.0 Å². The van der Waals surface area contributed by atoms with Gasteiger partial charge in [-0.3, -0.25) is 28.6 Å². The van der Waals surface area contributed by atoms with Crippen LogP contribution in [0.1, 0.15) is 40.5 Å². The lowest BCUT2D eigenvalue weighted by atomic mass is 10.0. The molecule has 0 bridgehead atoms. The summed E-state index contributed by atoms with van der Waals surface area (Å²) in [7, 11) is -4.43. The van der Waals surface area contributed by atoms with E-state index in [0.29, 0.717) is 11.1 Å². The van der Waals surface area contributed by atoms with Gasteiger partial charge in [0.1, 0.15) is 29.7 Å². The molecular weight excluding hydrogens is 588 g/mol. The van der Waals surface area contributed by atoms with Crippen molar-refractivity contribution in [3.8, 4) is 5.75 Å². The Balaban J connectivity index is 1.72. The minimum absolute atomic E-state index is 0.0800. The maximum Gasteiger partial charge on any atom is 0.459 e. The maximum atomic E-state index is 13.7. The van der Waals surface area contributed by atoms with Gasteiger partial charge in [0.15, 0.2) is 17.7 Å². The van der Waals surface area contributed by atoms with Crippen LogP contribution in [0.15, 0.2) is 42.1 Å². The number of hydrogen-bond donors (Lipinski definition) is 2. The number of aliphatic hydroxyl groups is 1. The third-order valence-corrected chi connectivity index (χ3v) is 7.98. The van der Waals surface area contributed by atoms with Crippen molar-refractivity contribution in [2.75, 3.05) is 6.61 Å². The first-order chi connectivity index (χ1) is 19.5. The molecule has 0 unspecified atom stereocenters. The molecule has 6 atom stereocenters. The number of nitrogens with zero attached hydrogens (tertiary/aromatic N) is 1. The van der Waals surface area contributed by atoms with Crippen molar-refractivity contribution >= 4 is 31.2 Å². The second-order valence-electron chi connectivity index (χ2n) is 10.1. The van der Waals surface area contributed by atoms with Crippen molar-refractivity contribution in [2.45, 2.75) is 77.3 Å². The Hall–Kier alpha value is -3.10. The fourth-order valence-electron chi connectivity index (χ4n) is 4.09. The summed E-state index contributed by atoms with van der Waals surface area (Å²) in [5.74, 6) is -3.92. The zero-order chi connectivity index (χ0) is 31.4. The molecule has 2 N–H and O–H groups in total. The number of para-hydroxylation sites is 1. The normalized spacial score (nSPS) is 24.2. The summed E-state index contributed by atoms with van der Waals surface area (Å²) in [5.41, 5.74) is -1.53. The number of esters is 1. The van der Waals surface area contributed by atoms with E-state index in [1.165, 1.54) is 26.0 Å². The van der Waals surface area contributed by atoms with E-state index in [1.807, 2.05) is 0 Å². The first-order valence-electron chi connectivity index (χ1n) is 13.0. The molecule has 2 heterocycles. The molecule has 3 rings (SSSR count). The summed E-state index contributed by atoms with van der Waals surface area (Å²) in [6.07, 6.45) is -11.1. The lowest BCUT2D eigenvalue weighted by molar-refractivity contribution is -0.156. The Bertz CT molecular complexity index is 1260. The molecule has 0 saturated carbocycles. The number of hydrogen-bond acceptors (Lipinski definition) is 10. The van der Waals surface area contributed by atoms with Crippen LogP contribution in [0.3, 0.4) is 0 Å².